The summed E-state index contributed by atoms with van der Waals surface area (Å²) in [6.45, 7) is 7.09. The van der Waals surface area contributed by atoms with Crippen molar-refractivity contribution in [2.75, 3.05) is 5.32 Å². The van der Waals surface area contributed by atoms with Crippen molar-refractivity contribution in [2.24, 2.45) is 46.3 Å². The van der Waals surface area contributed by atoms with Crippen LogP contribution in [-0.2, 0) is 14.4 Å². The van der Waals surface area contributed by atoms with E-state index in [1.807, 2.05) is 18.2 Å². The number of carbonyl (C=O) groups is 3. The van der Waals surface area contributed by atoms with Crippen molar-refractivity contribution in [2.45, 2.75) is 116 Å². The summed E-state index contributed by atoms with van der Waals surface area (Å²) in [5, 5.41) is 36.9. The van der Waals surface area contributed by atoms with Crippen LogP contribution in [0.15, 0.2) is 30.3 Å². The van der Waals surface area contributed by atoms with Crippen molar-refractivity contribution in [3.05, 3.63) is 30.3 Å². The first kappa shape index (κ1) is 32.0. The minimum Gasteiger partial charge on any atom is -0.480 e. The lowest BCUT2D eigenvalue weighted by atomic mass is 9.43. The van der Waals surface area contributed by atoms with E-state index in [9.17, 15) is 29.7 Å². The number of rotatable bonds is 10. The van der Waals surface area contributed by atoms with E-state index < -0.39 is 12.0 Å². The van der Waals surface area contributed by atoms with Crippen LogP contribution in [0.1, 0.15) is 97.8 Å². The van der Waals surface area contributed by atoms with E-state index in [0.29, 0.717) is 47.6 Å². The lowest BCUT2D eigenvalue weighted by Gasteiger charge is -2.62. The zero-order valence-corrected chi connectivity index (χ0v) is 26.1. The molecule has 0 bridgehead atoms. The maximum absolute atomic E-state index is 12.9. The number of aliphatic carboxylic acids is 1. The number of nitrogens with one attached hydrogen (secondary N) is 2. The van der Waals surface area contributed by atoms with E-state index >= 15 is 0 Å². The van der Waals surface area contributed by atoms with Crippen molar-refractivity contribution in [3.8, 4) is 0 Å². The van der Waals surface area contributed by atoms with Gasteiger partial charge in [0.25, 0.3) is 0 Å². The van der Waals surface area contributed by atoms with Crippen LogP contribution in [-0.4, -0.2) is 51.4 Å². The quantitative estimate of drug-likeness (QED) is 0.246. The molecule has 0 saturated heterocycles. The molecular weight excluding hydrogens is 544 g/mol. The Labute approximate surface area is 256 Å². The van der Waals surface area contributed by atoms with Gasteiger partial charge in [-0.1, -0.05) is 39.0 Å². The highest BCUT2D eigenvalue weighted by Gasteiger charge is 2.62. The van der Waals surface area contributed by atoms with E-state index in [-0.39, 0.29) is 54.1 Å². The van der Waals surface area contributed by atoms with E-state index in [4.69, 9.17) is 0 Å². The highest BCUT2D eigenvalue weighted by Crippen LogP contribution is 2.68. The molecule has 4 aliphatic carbocycles. The largest absolute Gasteiger partial charge is 0.480 e. The van der Waals surface area contributed by atoms with Gasteiger partial charge in [0.05, 0.1) is 12.2 Å². The van der Waals surface area contributed by atoms with Gasteiger partial charge >= 0.3 is 5.97 Å². The molecule has 8 heteroatoms. The van der Waals surface area contributed by atoms with Crippen LogP contribution >= 0.6 is 0 Å². The Hall–Kier alpha value is -2.45. The van der Waals surface area contributed by atoms with Crippen molar-refractivity contribution in [3.63, 3.8) is 0 Å². The molecule has 4 aliphatic rings. The molecule has 0 spiro atoms. The number of benzene rings is 1. The third-order valence-electron chi connectivity index (χ3n) is 12.6. The van der Waals surface area contributed by atoms with Gasteiger partial charge in [-0.25, -0.2) is 4.79 Å². The number of amides is 2. The molecule has 0 unspecified atom stereocenters. The number of fused-ring (bicyclic) bond motifs is 5. The second-order valence-electron chi connectivity index (χ2n) is 14.9. The fourth-order valence-corrected chi connectivity index (χ4v) is 10.3. The van der Waals surface area contributed by atoms with E-state index in [0.717, 1.165) is 51.4 Å². The molecule has 1 aromatic rings. The number of para-hydroxylation sites is 1. The van der Waals surface area contributed by atoms with Gasteiger partial charge in [0.2, 0.25) is 11.8 Å². The van der Waals surface area contributed by atoms with Crippen LogP contribution < -0.4 is 10.6 Å². The predicted octanol–water partition coefficient (Wildman–Crippen LogP) is 5.38. The molecule has 4 fully saturated rings. The average molecular weight is 597 g/mol. The molecule has 8 nitrogen and oxygen atoms in total. The Bertz CT molecular complexity index is 1160. The molecular formula is C35H52N2O6. The second kappa shape index (κ2) is 12.9. The summed E-state index contributed by atoms with van der Waals surface area (Å²) in [5.41, 5.74) is 0.985. The first-order valence-corrected chi connectivity index (χ1v) is 16.7. The molecule has 5 N–H and O–H groups in total. The normalized spacial score (nSPS) is 38.1. The topological polar surface area (TPSA) is 136 Å². The van der Waals surface area contributed by atoms with Crippen molar-refractivity contribution in [1.29, 1.82) is 0 Å². The fourth-order valence-electron chi connectivity index (χ4n) is 10.3. The van der Waals surface area contributed by atoms with Gasteiger partial charge in [0.15, 0.2) is 0 Å². The Morgan fingerprint density at radius 3 is 2.28 bits per heavy atom. The number of aliphatic hydroxyl groups excluding tert-OH is 2. The summed E-state index contributed by atoms with van der Waals surface area (Å²) >= 11 is 0. The Morgan fingerprint density at radius 2 is 1.56 bits per heavy atom. The van der Waals surface area contributed by atoms with Crippen molar-refractivity contribution >= 4 is 23.5 Å². The summed E-state index contributed by atoms with van der Waals surface area (Å²) in [5.74, 6) is 0.775. The van der Waals surface area contributed by atoms with Gasteiger partial charge in [-0.2, -0.15) is 0 Å². The highest BCUT2D eigenvalue weighted by atomic mass is 16.4. The average Bonchev–Trinajstić information content (AvgIpc) is 3.32. The van der Waals surface area contributed by atoms with Crippen LogP contribution in [0, 0.1) is 46.3 Å². The summed E-state index contributed by atoms with van der Waals surface area (Å²) < 4.78 is 0. The standard InChI is InChI=1S/C35H52N2O6/c1-21(9-13-31(41)37-28(33(42)43)12-14-30(40)36-23-7-5-4-6-8-23)25-10-11-26-32-27(16-18-35(25,26)3)34(2)17-15-24(38)19-22(34)20-29(32)39/h4-8,21-22,24-29,32,38-39H,9-20H2,1-3H3,(H,36,40)(H,37,41)(H,42,43)/t21-,22+,24-,25-,26+,27+,28+,29-,32+,34+,35-/m1/s1. The van der Waals surface area contributed by atoms with Crippen molar-refractivity contribution < 1.29 is 29.7 Å². The number of carboxylic acids is 1. The molecule has 238 valence electrons. The first-order chi connectivity index (χ1) is 20.4. The third kappa shape index (κ3) is 6.51. The molecule has 2 amide bonds. The Balaban J connectivity index is 1.14. The fraction of sp³-hybridized carbons (Fsp3) is 0.743. The number of anilines is 1. The summed E-state index contributed by atoms with van der Waals surface area (Å²) in [7, 11) is 0. The second-order valence-corrected chi connectivity index (χ2v) is 14.9. The lowest BCUT2D eigenvalue weighted by Crippen LogP contribution is -2.58. The van der Waals surface area contributed by atoms with Crippen molar-refractivity contribution in [1.82, 2.24) is 5.32 Å². The van der Waals surface area contributed by atoms with E-state index in [1.165, 1.54) is 0 Å². The highest BCUT2D eigenvalue weighted by molar-refractivity contribution is 5.91. The smallest absolute Gasteiger partial charge is 0.326 e. The van der Waals surface area contributed by atoms with Gasteiger partial charge in [0, 0.05) is 18.5 Å². The summed E-state index contributed by atoms with van der Waals surface area (Å²) in [6, 6.07) is 7.90. The zero-order chi connectivity index (χ0) is 30.9. The number of hydrogen-bond acceptors (Lipinski definition) is 5. The van der Waals surface area contributed by atoms with Gasteiger partial charge in [-0.15, -0.1) is 0 Å². The van der Waals surface area contributed by atoms with E-state index in [1.54, 1.807) is 12.1 Å². The molecule has 1 aromatic carbocycles. The maximum atomic E-state index is 12.9. The molecule has 0 aromatic heterocycles. The minimum atomic E-state index is -1.13. The van der Waals surface area contributed by atoms with Gasteiger partial charge in [0.1, 0.15) is 6.04 Å². The van der Waals surface area contributed by atoms with Crippen LogP contribution in [0.3, 0.4) is 0 Å². The van der Waals surface area contributed by atoms with Crippen LogP contribution in [0.4, 0.5) is 5.69 Å². The van der Waals surface area contributed by atoms with Gasteiger partial charge in [-0.3, -0.25) is 9.59 Å². The monoisotopic (exact) mass is 596 g/mol. The molecule has 4 saturated carbocycles. The molecule has 0 aliphatic heterocycles. The lowest BCUT2D eigenvalue weighted by molar-refractivity contribution is -0.174. The SMILES string of the molecule is C[C@H](CCC(=O)N[C@@H](CCC(=O)Nc1ccccc1)C(=O)O)[C@H]1CC[C@H]2[C@@H]3[C@H](O)C[C@@H]4C[C@H](O)CC[C@]4(C)[C@H]3CC[C@]12C. The van der Waals surface area contributed by atoms with Gasteiger partial charge < -0.3 is 26.0 Å². The molecule has 0 radical (unpaired) electrons. The first-order valence-electron chi connectivity index (χ1n) is 16.7. The molecule has 11 atom stereocenters. The summed E-state index contributed by atoms with van der Waals surface area (Å²) in [4.78, 5) is 37.0. The van der Waals surface area contributed by atoms with Crippen LogP contribution in [0.5, 0.6) is 0 Å². The zero-order valence-electron chi connectivity index (χ0n) is 26.1. The number of carboxylic acid groups (broad SMARTS) is 1. The predicted molar refractivity (Wildman–Crippen MR) is 165 cm³/mol. The number of carbonyl (C=O) groups excluding carboxylic acids is 2. The Kier molecular flexibility index (Phi) is 9.57. The third-order valence-corrected chi connectivity index (χ3v) is 12.6. The van der Waals surface area contributed by atoms with Crippen LogP contribution in [0.2, 0.25) is 0 Å². The van der Waals surface area contributed by atoms with Gasteiger partial charge in [-0.05, 0) is 123 Å². The minimum absolute atomic E-state index is 0.00124. The Morgan fingerprint density at radius 1 is 0.884 bits per heavy atom. The molecule has 43 heavy (non-hydrogen) atoms. The molecule has 0 heterocycles. The molecule has 5 rings (SSSR count). The maximum Gasteiger partial charge on any atom is 0.326 e. The van der Waals surface area contributed by atoms with E-state index in [2.05, 4.69) is 31.4 Å². The van der Waals surface area contributed by atoms with Crippen LogP contribution in [0.25, 0.3) is 0 Å². The summed E-state index contributed by atoms with van der Waals surface area (Å²) in [6.07, 6.45) is 8.49. The number of aliphatic hydroxyl groups is 2. The number of hydrogen-bond donors (Lipinski definition) is 5.